The second-order valence-corrected chi connectivity index (χ2v) is 8.71. The third-order valence-electron chi connectivity index (χ3n) is 6.10. The number of rotatable bonds is 5. The molecule has 37 heavy (non-hydrogen) atoms. The summed E-state index contributed by atoms with van der Waals surface area (Å²) in [5.74, 6) is -3.21. The van der Waals surface area contributed by atoms with Crippen molar-refractivity contribution in [2.75, 3.05) is 5.32 Å². The van der Waals surface area contributed by atoms with E-state index in [4.69, 9.17) is 4.42 Å². The average molecular weight is 507 g/mol. The van der Waals surface area contributed by atoms with Gasteiger partial charge in [-0.3, -0.25) is 14.3 Å². The van der Waals surface area contributed by atoms with Gasteiger partial charge in [-0.1, -0.05) is 17.3 Å². The highest BCUT2D eigenvalue weighted by atomic mass is 19.1. The Morgan fingerprint density at radius 3 is 2.49 bits per heavy atom. The van der Waals surface area contributed by atoms with E-state index in [9.17, 15) is 22.8 Å². The molecule has 2 aromatic heterocycles. The molecule has 0 spiro atoms. The van der Waals surface area contributed by atoms with Crippen LogP contribution in [0, 0.1) is 31.3 Å². The van der Waals surface area contributed by atoms with Crippen molar-refractivity contribution >= 4 is 16.7 Å². The first-order valence-corrected chi connectivity index (χ1v) is 11.3. The molecule has 0 fully saturated rings. The van der Waals surface area contributed by atoms with Crippen LogP contribution in [0.25, 0.3) is 33.7 Å². The van der Waals surface area contributed by atoms with Crippen molar-refractivity contribution < 1.29 is 22.1 Å². The van der Waals surface area contributed by atoms with E-state index in [1.807, 2.05) is 6.92 Å². The minimum atomic E-state index is -0.864. The highest BCUT2D eigenvalue weighted by molar-refractivity contribution is 5.85. The highest BCUT2D eigenvalue weighted by Crippen LogP contribution is 2.35. The molecule has 2 N–H and O–H groups in total. The Morgan fingerprint density at radius 1 is 1.00 bits per heavy atom. The van der Waals surface area contributed by atoms with E-state index in [-0.39, 0.29) is 44.7 Å². The summed E-state index contributed by atoms with van der Waals surface area (Å²) in [7, 11) is 0. The first kappa shape index (κ1) is 24.1. The lowest BCUT2D eigenvalue weighted by molar-refractivity contribution is 0.387. The molecule has 10 heteroatoms. The van der Waals surface area contributed by atoms with E-state index >= 15 is 0 Å². The van der Waals surface area contributed by atoms with Crippen LogP contribution in [0.4, 0.5) is 18.9 Å². The lowest BCUT2D eigenvalue weighted by Crippen LogP contribution is -2.13. The Hall–Kier alpha value is -4.60. The summed E-state index contributed by atoms with van der Waals surface area (Å²) in [4.78, 5) is 27.1. The van der Waals surface area contributed by atoms with Gasteiger partial charge in [0.05, 0.1) is 22.6 Å². The van der Waals surface area contributed by atoms with Crippen molar-refractivity contribution in [3.63, 3.8) is 0 Å². The quantitative estimate of drug-likeness (QED) is 0.302. The smallest absolute Gasteiger partial charge is 0.439 e. The fourth-order valence-corrected chi connectivity index (χ4v) is 4.35. The molecule has 3 aromatic carbocycles. The van der Waals surface area contributed by atoms with Crippen molar-refractivity contribution in [1.82, 2.24) is 10.1 Å². The number of hydrogen-bond acceptors (Lipinski definition) is 6. The lowest BCUT2D eigenvalue weighted by Gasteiger charge is -2.20. The lowest BCUT2D eigenvalue weighted by atomic mass is 9.98. The van der Waals surface area contributed by atoms with Crippen molar-refractivity contribution in [1.29, 1.82) is 0 Å². The second-order valence-electron chi connectivity index (χ2n) is 8.71. The number of aromatic amines is 1. The normalized spacial score (nSPS) is 12.2. The third-order valence-corrected chi connectivity index (χ3v) is 6.10. The van der Waals surface area contributed by atoms with Gasteiger partial charge in [0.2, 0.25) is 0 Å². The molecule has 188 valence electrons. The number of hydrogen-bond donors (Lipinski definition) is 2. The summed E-state index contributed by atoms with van der Waals surface area (Å²) in [5.41, 5.74) is 1.57. The summed E-state index contributed by atoms with van der Waals surface area (Å²) in [5, 5.41) is 7.05. The number of aromatic nitrogens is 2. The predicted molar refractivity (Wildman–Crippen MR) is 132 cm³/mol. The van der Waals surface area contributed by atoms with Crippen LogP contribution in [-0.2, 0) is 0 Å². The molecule has 0 bridgehead atoms. The van der Waals surface area contributed by atoms with Crippen molar-refractivity contribution in [3.05, 3.63) is 103 Å². The zero-order valence-electron chi connectivity index (χ0n) is 19.9. The van der Waals surface area contributed by atoms with Crippen LogP contribution in [0.3, 0.4) is 0 Å². The maximum atomic E-state index is 14.8. The van der Waals surface area contributed by atoms with Crippen molar-refractivity contribution in [3.8, 4) is 22.7 Å². The number of nitrogens with one attached hydrogen (secondary N) is 2. The third kappa shape index (κ3) is 4.31. The summed E-state index contributed by atoms with van der Waals surface area (Å²) >= 11 is 0. The molecule has 1 unspecified atom stereocenters. The zero-order chi connectivity index (χ0) is 26.4. The number of aryl methyl sites for hydroxylation is 1. The molecule has 0 aliphatic rings. The maximum Gasteiger partial charge on any atom is 0.439 e. The molecule has 0 amide bonds. The standard InChI is InChI=1S/C27H20F3N3O4/c1-12-9-17(14(3)31-21-6-4-5-19(29)22(21)26-32-27(35)37-33-26)25-18(10-12)23(34)13(2)24(36-25)16-8-7-15(28)11-20(16)30/h4-11,14,31H,1-3H3,(H,32,33,35). The number of fused-ring (bicyclic) bond motifs is 1. The number of benzene rings is 3. The number of nitrogens with zero attached hydrogens (tertiary/aromatic N) is 1. The minimum Gasteiger partial charge on any atom is -0.455 e. The van der Waals surface area contributed by atoms with E-state index in [0.29, 0.717) is 11.3 Å². The van der Waals surface area contributed by atoms with Crippen LogP contribution in [0.15, 0.2) is 67.1 Å². The topological polar surface area (TPSA) is 101 Å². The largest absolute Gasteiger partial charge is 0.455 e. The molecule has 2 heterocycles. The second kappa shape index (κ2) is 9.12. The molecule has 0 saturated heterocycles. The van der Waals surface area contributed by atoms with Crippen molar-refractivity contribution in [2.24, 2.45) is 0 Å². The first-order chi connectivity index (χ1) is 17.6. The maximum absolute atomic E-state index is 14.8. The van der Waals surface area contributed by atoms with Gasteiger partial charge in [0.15, 0.2) is 11.3 Å². The van der Waals surface area contributed by atoms with Crippen LogP contribution < -0.4 is 16.5 Å². The summed E-state index contributed by atoms with van der Waals surface area (Å²) < 4.78 is 53.5. The van der Waals surface area contributed by atoms with Gasteiger partial charge in [-0.05, 0) is 56.7 Å². The summed E-state index contributed by atoms with van der Waals surface area (Å²) in [6.45, 7) is 5.10. The Balaban J connectivity index is 1.67. The fraction of sp³-hybridized carbons (Fsp3) is 0.148. The molecular formula is C27H20F3N3O4. The Bertz CT molecular complexity index is 1790. The SMILES string of the molecule is Cc1cc(C(C)Nc2cccc(F)c2-c2noc(=O)[nH]2)c2oc(-c3ccc(F)cc3F)c(C)c(=O)c2c1. The fourth-order valence-electron chi connectivity index (χ4n) is 4.35. The molecule has 5 rings (SSSR count). The van der Waals surface area contributed by atoms with Crippen LogP contribution in [0.1, 0.15) is 29.7 Å². The van der Waals surface area contributed by atoms with E-state index in [2.05, 4.69) is 20.0 Å². The van der Waals surface area contributed by atoms with Crippen molar-refractivity contribution in [2.45, 2.75) is 26.8 Å². The van der Waals surface area contributed by atoms with Crippen LogP contribution in [-0.4, -0.2) is 10.1 Å². The molecule has 0 aliphatic heterocycles. The molecule has 5 aromatic rings. The molecule has 0 aliphatic carbocycles. The van der Waals surface area contributed by atoms with Gasteiger partial charge in [-0.25, -0.2) is 18.0 Å². The van der Waals surface area contributed by atoms with Crippen LogP contribution in [0.2, 0.25) is 0 Å². The van der Waals surface area contributed by atoms with Gasteiger partial charge in [-0.2, -0.15) is 0 Å². The number of anilines is 1. The molecule has 7 nitrogen and oxygen atoms in total. The Morgan fingerprint density at radius 2 is 1.78 bits per heavy atom. The van der Waals surface area contributed by atoms with Gasteiger partial charge in [0.25, 0.3) is 0 Å². The number of halogens is 3. The van der Waals surface area contributed by atoms with E-state index in [1.165, 1.54) is 25.1 Å². The van der Waals surface area contributed by atoms with Crippen LogP contribution in [0.5, 0.6) is 0 Å². The molecular weight excluding hydrogens is 487 g/mol. The van der Waals surface area contributed by atoms with Gasteiger partial charge < -0.3 is 9.73 Å². The zero-order valence-corrected chi connectivity index (χ0v) is 19.9. The van der Waals surface area contributed by atoms with Gasteiger partial charge in [0.1, 0.15) is 28.8 Å². The monoisotopic (exact) mass is 507 g/mol. The first-order valence-electron chi connectivity index (χ1n) is 11.3. The van der Waals surface area contributed by atoms with E-state index < -0.39 is 29.2 Å². The predicted octanol–water partition coefficient (Wildman–Crippen LogP) is 6.01. The minimum absolute atomic E-state index is 0.0106. The average Bonchev–Trinajstić information content (AvgIpc) is 3.27. The number of H-pyrrole nitrogens is 1. The van der Waals surface area contributed by atoms with Gasteiger partial charge >= 0.3 is 5.76 Å². The highest BCUT2D eigenvalue weighted by Gasteiger charge is 2.22. The van der Waals surface area contributed by atoms with Gasteiger partial charge in [-0.15, -0.1) is 0 Å². The Labute approximate surface area is 207 Å². The van der Waals surface area contributed by atoms with E-state index in [1.54, 1.807) is 25.1 Å². The Kier molecular flexibility index (Phi) is 5.94. The molecule has 1 atom stereocenters. The van der Waals surface area contributed by atoms with Crippen LogP contribution >= 0.6 is 0 Å². The van der Waals surface area contributed by atoms with E-state index in [0.717, 1.165) is 17.7 Å². The summed E-state index contributed by atoms with van der Waals surface area (Å²) in [6, 6.07) is 10.2. The summed E-state index contributed by atoms with van der Waals surface area (Å²) in [6.07, 6.45) is 0. The molecule has 0 saturated carbocycles. The van der Waals surface area contributed by atoms with Gasteiger partial charge in [0, 0.05) is 22.9 Å². The molecule has 0 radical (unpaired) electrons.